The Hall–Kier alpha value is -3.66. The van der Waals surface area contributed by atoms with Crippen LogP contribution in [0, 0.1) is 28.4 Å². The molecule has 2 aromatic rings. The lowest BCUT2D eigenvalue weighted by molar-refractivity contribution is -0.384. The van der Waals surface area contributed by atoms with Gasteiger partial charge in [0.1, 0.15) is 11.6 Å². The summed E-state index contributed by atoms with van der Waals surface area (Å²) in [6.45, 7) is 3.63. The van der Waals surface area contributed by atoms with E-state index in [1.165, 1.54) is 18.2 Å². The zero-order valence-electron chi connectivity index (χ0n) is 15.5. The first-order valence-corrected chi connectivity index (χ1v) is 9.01. The van der Waals surface area contributed by atoms with Crippen molar-refractivity contribution >= 4 is 29.0 Å². The number of nitro benzene ring substituents is 1. The molecule has 142 valence electrons. The molecule has 3 rings (SSSR count). The lowest BCUT2D eigenvalue weighted by Gasteiger charge is -2.20. The van der Waals surface area contributed by atoms with Gasteiger partial charge < -0.3 is 10.2 Å². The van der Waals surface area contributed by atoms with E-state index in [9.17, 15) is 20.2 Å². The molecule has 0 spiro atoms. The van der Waals surface area contributed by atoms with Gasteiger partial charge in [0.05, 0.1) is 4.92 Å². The van der Waals surface area contributed by atoms with Crippen LogP contribution in [-0.4, -0.2) is 23.9 Å². The third kappa shape index (κ3) is 4.35. The summed E-state index contributed by atoms with van der Waals surface area (Å²) in [7, 11) is 0. The maximum absolute atomic E-state index is 12.5. The molecular weight excluding hydrogens is 356 g/mol. The van der Waals surface area contributed by atoms with Crippen molar-refractivity contribution in [3.8, 4) is 6.07 Å². The summed E-state index contributed by atoms with van der Waals surface area (Å²) in [6.07, 6.45) is 3.50. The molecule has 28 heavy (non-hydrogen) atoms. The normalized spacial score (nSPS) is 13.9. The fourth-order valence-electron chi connectivity index (χ4n) is 3.16. The van der Waals surface area contributed by atoms with E-state index < -0.39 is 10.8 Å². The Bertz CT molecular complexity index is 968. The van der Waals surface area contributed by atoms with E-state index in [1.807, 2.05) is 25.1 Å². The Balaban J connectivity index is 1.94. The van der Waals surface area contributed by atoms with Crippen LogP contribution >= 0.6 is 0 Å². The number of aryl methyl sites for hydroxylation is 1. The second-order valence-corrected chi connectivity index (χ2v) is 6.68. The summed E-state index contributed by atoms with van der Waals surface area (Å²) < 4.78 is 0. The minimum absolute atomic E-state index is 0.0783. The Kier molecular flexibility index (Phi) is 5.70. The summed E-state index contributed by atoms with van der Waals surface area (Å²) in [5.41, 5.74) is 2.73. The molecule has 0 aromatic heterocycles. The van der Waals surface area contributed by atoms with Gasteiger partial charge in [-0.2, -0.15) is 5.26 Å². The van der Waals surface area contributed by atoms with Crippen molar-refractivity contribution in [2.75, 3.05) is 23.3 Å². The Morgan fingerprint density at radius 1 is 1.21 bits per heavy atom. The molecule has 1 heterocycles. The van der Waals surface area contributed by atoms with E-state index in [0.29, 0.717) is 11.3 Å². The second-order valence-electron chi connectivity index (χ2n) is 6.68. The topological polar surface area (TPSA) is 99.3 Å². The monoisotopic (exact) mass is 376 g/mol. The van der Waals surface area contributed by atoms with Crippen LogP contribution in [0.3, 0.4) is 0 Å². The van der Waals surface area contributed by atoms with Gasteiger partial charge in [0.25, 0.3) is 11.6 Å². The summed E-state index contributed by atoms with van der Waals surface area (Å²) in [5.74, 6) is -0.551. The van der Waals surface area contributed by atoms with Gasteiger partial charge in [-0.15, -0.1) is 0 Å². The largest absolute Gasteiger partial charge is 0.371 e. The number of amides is 1. The molecule has 0 atom stereocenters. The van der Waals surface area contributed by atoms with E-state index >= 15 is 0 Å². The number of nitrogens with one attached hydrogen (secondary N) is 1. The molecule has 0 unspecified atom stereocenters. The highest BCUT2D eigenvalue weighted by molar-refractivity contribution is 6.10. The third-order valence-corrected chi connectivity index (χ3v) is 4.64. The Morgan fingerprint density at radius 2 is 1.89 bits per heavy atom. The maximum Gasteiger partial charge on any atom is 0.270 e. The highest BCUT2D eigenvalue weighted by atomic mass is 16.6. The summed E-state index contributed by atoms with van der Waals surface area (Å²) in [6, 6.07) is 13.7. The number of non-ortho nitro benzene ring substituents is 1. The van der Waals surface area contributed by atoms with Crippen molar-refractivity contribution < 1.29 is 9.72 Å². The number of carbonyl (C=O) groups excluding carboxylic acids is 1. The van der Waals surface area contributed by atoms with Crippen molar-refractivity contribution in [1.29, 1.82) is 5.26 Å². The molecule has 0 saturated carbocycles. The van der Waals surface area contributed by atoms with Crippen LogP contribution in [0.15, 0.2) is 48.0 Å². The van der Waals surface area contributed by atoms with Crippen LogP contribution in [-0.2, 0) is 4.79 Å². The number of nitriles is 1. The molecule has 0 bridgehead atoms. The zero-order chi connectivity index (χ0) is 20.1. The Morgan fingerprint density at radius 3 is 2.50 bits per heavy atom. The number of nitro groups is 1. The summed E-state index contributed by atoms with van der Waals surface area (Å²) in [5, 5.41) is 23.3. The molecule has 1 aliphatic heterocycles. The lowest BCUT2D eigenvalue weighted by atomic mass is 10.1. The van der Waals surface area contributed by atoms with Gasteiger partial charge in [0.2, 0.25) is 0 Å². The molecule has 7 heteroatoms. The SMILES string of the molecule is Cc1ccc(NC(=O)/C(C#N)=C/c2cc([N+](=O)[O-])ccc2N2CCCC2)cc1. The number of benzene rings is 2. The van der Waals surface area contributed by atoms with E-state index in [-0.39, 0.29) is 11.3 Å². The van der Waals surface area contributed by atoms with Gasteiger partial charge in [0, 0.05) is 42.2 Å². The van der Waals surface area contributed by atoms with Crippen LogP contribution < -0.4 is 10.2 Å². The lowest BCUT2D eigenvalue weighted by Crippen LogP contribution is -2.19. The Labute approximate surface area is 163 Å². The van der Waals surface area contributed by atoms with E-state index in [2.05, 4.69) is 10.2 Å². The highest BCUT2D eigenvalue weighted by Crippen LogP contribution is 2.30. The van der Waals surface area contributed by atoms with E-state index in [1.54, 1.807) is 18.2 Å². The predicted octanol–water partition coefficient (Wildman–Crippen LogP) is 4.05. The van der Waals surface area contributed by atoms with Crippen LogP contribution in [0.2, 0.25) is 0 Å². The van der Waals surface area contributed by atoms with Gasteiger partial charge >= 0.3 is 0 Å². The van der Waals surface area contributed by atoms with Crippen LogP contribution in [0.5, 0.6) is 0 Å². The van der Waals surface area contributed by atoms with Gasteiger partial charge in [-0.25, -0.2) is 0 Å². The molecule has 1 N–H and O–H groups in total. The predicted molar refractivity (Wildman–Crippen MR) is 108 cm³/mol. The van der Waals surface area contributed by atoms with Crippen molar-refractivity contribution in [3.63, 3.8) is 0 Å². The third-order valence-electron chi connectivity index (χ3n) is 4.64. The van der Waals surface area contributed by atoms with Gasteiger partial charge in [-0.05, 0) is 44.0 Å². The van der Waals surface area contributed by atoms with Crippen LogP contribution in [0.1, 0.15) is 24.0 Å². The molecule has 7 nitrogen and oxygen atoms in total. The van der Waals surface area contributed by atoms with E-state index in [4.69, 9.17) is 0 Å². The molecule has 1 fully saturated rings. The molecule has 1 saturated heterocycles. The van der Waals surface area contributed by atoms with Crippen molar-refractivity contribution in [2.24, 2.45) is 0 Å². The molecule has 0 aliphatic carbocycles. The van der Waals surface area contributed by atoms with Crippen LogP contribution in [0.4, 0.5) is 17.1 Å². The standard InChI is InChI=1S/C21H20N4O3/c1-15-4-6-18(7-5-15)23-21(26)17(14-22)12-16-13-19(25(27)28)8-9-20(16)24-10-2-3-11-24/h4-9,12-13H,2-3,10-11H2,1H3,(H,23,26)/b17-12+. The van der Waals surface area contributed by atoms with Gasteiger partial charge in [-0.1, -0.05) is 17.7 Å². The first kappa shape index (κ1) is 19.1. The first-order valence-electron chi connectivity index (χ1n) is 9.01. The maximum atomic E-state index is 12.5. The van der Waals surface area contributed by atoms with Crippen molar-refractivity contribution in [3.05, 3.63) is 69.3 Å². The minimum atomic E-state index is -0.551. The number of carbonyl (C=O) groups is 1. The van der Waals surface area contributed by atoms with Crippen molar-refractivity contribution in [1.82, 2.24) is 0 Å². The van der Waals surface area contributed by atoms with E-state index in [0.717, 1.165) is 37.2 Å². The summed E-state index contributed by atoms with van der Waals surface area (Å²) >= 11 is 0. The zero-order valence-corrected chi connectivity index (χ0v) is 15.5. The van der Waals surface area contributed by atoms with Gasteiger partial charge in [0.15, 0.2) is 0 Å². The fourth-order valence-corrected chi connectivity index (χ4v) is 3.16. The number of hydrogen-bond acceptors (Lipinski definition) is 5. The van der Waals surface area contributed by atoms with Gasteiger partial charge in [-0.3, -0.25) is 14.9 Å². The van der Waals surface area contributed by atoms with Crippen LogP contribution in [0.25, 0.3) is 6.08 Å². The second kappa shape index (κ2) is 8.35. The quantitative estimate of drug-likeness (QED) is 0.367. The molecule has 2 aromatic carbocycles. The molecule has 1 aliphatic rings. The highest BCUT2D eigenvalue weighted by Gasteiger charge is 2.19. The first-order chi connectivity index (χ1) is 13.5. The summed E-state index contributed by atoms with van der Waals surface area (Å²) in [4.78, 5) is 25.3. The molecule has 0 radical (unpaired) electrons. The average Bonchev–Trinajstić information content (AvgIpc) is 3.22. The fraction of sp³-hybridized carbons (Fsp3) is 0.238. The average molecular weight is 376 g/mol. The van der Waals surface area contributed by atoms with Crippen molar-refractivity contribution in [2.45, 2.75) is 19.8 Å². The smallest absolute Gasteiger partial charge is 0.270 e. The number of hydrogen-bond donors (Lipinski definition) is 1. The number of rotatable bonds is 5. The minimum Gasteiger partial charge on any atom is -0.371 e. The molecule has 1 amide bonds. The number of nitrogens with zero attached hydrogens (tertiary/aromatic N) is 3. The number of anilines is 2. The molecular formula is C21H20N4O3.